The summed E-state index contributed by atoms with van der Waals surface area (Å²) in [7, 11) is 0. The summed E-state index contributed by atoms with van der Waals surface area (Å²) in [6.45, 7) is 5.68. The Kier molecular flexibility index (Phi) is 2.83. The number of hydrogen-bond acceptors (Lipinski definition) is 4. The van der Waals surface area contributed by atoms with Gasteiger partial charge in [0.05, 0.1) is 11.1 Å². The van der Waals surface area contributed by atoms with Crippen LogP contribution in [0.15, 0.2) is 4.52 Å². The number of pyridine rings is 1. The monoisotopic (exact) mass is 234 g/mol. The van der Waals surface area contributed by atoms with E-state index in [9.17, 15) is 4.79 Å². The Labute approximate surface area is 98.4 Å². The number of carbonyl (C=O) groups is 1. The summed E-state index contributed by atoms with van der Waals surface area (Å²) in [5.41, 5.74) is 4.13. The maximum atomic E-state index is 10.6. The first kappa shape index (κ1) is 11.6. The van der Waals surface area contributed by atoms with Crippen LogP contribution in [0, 0.1) is 20.8 Å². The zero-order valence-corrected chi connectivity index (χ0v) is 10.1. The molecule has 2 heterocycles. The van der Waals surface area contributed by atoms with E-state index in [1.807, 2.05) is 20.8 Å². The van der Waals surface area contributed by atoms with Gasteiger partial charge in [0.2, 0.25) is 0 Å². The number of aryl methyl sites for hydroxylation is 3. The standard InChI is InChI=1S/C12H14N2O3/c1-6-9(4-5-10(15)16)7(2)13-12-11(6)8(3)14-17-12/h4-5H2,1-3H3,(H,15,16). The first-order valence-electron chi connectivity index (χ1n) is 5.44. The Bertz CT molecular complexity index is 587. The van der Waals surface area contributed by atoms with Crippen LogP contribution in [0.3, 0.4) is 0 Å². The van der Waals surface area contributed by atoms with Crippen molar-refractivity contribution in [2.24, 2.45) is 0 Å². The topological polar surface area (TPSA) is 76.2 Å². The lowest BCUT2D eigenvalue weighted by atomic mass is 9.99. The van der Waals surface area contributed by atoms with Gasteiger partial charge in [-0.05, 0) is 38.3 Å². The SMILES string of the molecule is Cc1nc2onc(C)c2c(C)c1CCC(=O)O. The highest BCUT2D eigenvalue weighted by molar-refractivity contribution is 5.81. The molecule has 0 radical (unpaired) electrons. The van der Waals surface area contributed by atoms with Crippen molar-refractivity contribution in [3.63, 3.8) is 0 Å². The molecule has 0 aliphatic rings. The molecular formula is C12H14N2O3. The molecule has 17 heavy (non-hydrogen) atoms. The van der Waals surface area contributed by atoms with Crippen LogP contribution in [0.1, 0.15) is 28.9 Å². The third-order valence-electron chi connectivity index (χ3n) is 2.97. The van der Waals surface area contributed by atoms with E-state index in [4.69, 9.17) is 9.63 Å². The van der Waals surface area contributed by atoms with Crippen LogP contribution in [0.25, 0.3) is 11.1 Å². The highest BCUT2D eigenvalue weighted by atomic mass is 16.5. The van der Waals surface area contributed by atoms with Crippen LogP contribution in [-0.2, 0) is 11.2 Å². The fraction of sp³-hybridized carbons (Fsp3) is 0.417. The molecule has 0 saturated heterocycles. The fourth-order valence-electron chi connectivity index (χ4n) is 2.11. The van der Waals surface area contributed by atoms with Crippen LogP contribution >= 0.6 is 0 Å². The van der Waals surface area contributed by atoms with Crippen LogP contribution in [0.2, 0.25) is 0 Å². The zero-order valence-electron chi connectivity index (χ0n) is 10.1. The first-order chi connectivity index (χ1) is 8.00. The van der Waals surface area contributed by atoms with Gasteiger partial charge < -0.3 is 9.63 Å². The van der Waals surface area contributed by atoms with E-state index in [-0.39, 0.29) is 6.42 Å². The Morgan fingerprint density at radius 2 is 2.00 bits per heavy atom. The van der Waals surface area contributed by atoms with Gasteiger partial charge in [-0.15, -0.1) is 0 Å². The van der Waals surface area contributed by atoms with Crippen molar-refractivity contribution in [1.82, 2.24) is 10.1 Å². The molecule has 0 atom stereocenters. The minimum Gasteiger partial charge on any atom is -0.481 e. The van der Waals surface area contributed by atoms with E-state index in [0.717, 1.165) is 27.9 Å². The quantitative estimate of drug-likeness (QED) is 0.880. The molecular weight excluding hydrogens is 220 g/mol. The second kappa shape index (κ2) is 4.16. The molecule has 2 aromatic rings. The van der Waals surface area contributed by atoms with E-state index in [1.54, 1.807) is 0 Å². The summed E-state index contributed by atoms with van der Waals surface area (Å²) < 4.78 is 5.11. The van der Waals surface area contributed by atoms with Crippen LogP contribution < -0.4 is 0 Å². The molecule has 0 saturated carbocycles. The van der Waals surface area contributed by atoms with Gasteiger partial charge >= 0.3 is 5.97 Å². The normalized spacial score (nSPS) is 11.0. The number of carboxylic acids is 1. The van der Waals surface area contributed by atoms with Gasteiger partial charge in [-0.25, -0.2) is 4.98 Å². The average molecular weight is 234 g/mol. The van der Waals surface area contributed by atoms with Crippen LogP contribution in [-0.4, -0.2) is 21.2 Å². The van der Waals surface area contributed by atoms with E-state index < -0.39 is 5.97 Å². The highest BCUT2D eigenvalue weighted by Crippen LogP contribution is 2.26. The number of rotatable bonds is 3. The van der Waals surface area contributed by atoms with Gasteiger partial charge in [-0.2, -0.15) is 0 Å². The molecule has 0 bridgehead atoms. The summed E-state index contributed by atoms with van der Waals surface area (Å²) in [4.78, 5) is 14.9. The molecule has 0 amide bonds. The van der Waals surface area contributed by atoms with Gasteiger partial charge in [-0.1, -0.05) is 5.16 Å². The maximum Gasteiger partial charge on any atom is 0.303 e. The van der Waals surface area contributed by atoms with Gasteiger partial charge in [0.1, 0.15) is 0 Å². The van der Waals surface area contributed by atoms with Gasteiger partial charge in [0.25, 0.3) is 5.71 Å². The average Bonchev–Trinajstić information content (AvgIpc) is 2.59. The predicted molar refractivity (Wildman–Crippen MR) is 62.0 cm³/mol. The van der Waals surface area contributed by atoms with E-state index in [2.05, 4.69) is 10.1 Å². The smallest absolute Gasteiger partial charge is 0.303 e. The zero-order chi connectivity index (χ0) is 12.6. The minimum absolute atomic E-state index is 0.110. The van der Waals surface area contributed by atoms with Crippen molar-refractivity contribution >= 4 is 17.1 Å². The van der Waals surface area contributed by atoms with Crippen LogP contribution in [0.4, 0.5) is 0 Å². The molecule has 1 N–H and O–H groups in total. The Hall–Kier alpha value is -1.91. The summed E-state index contributed by atoms with van der Waals surface area (Å²) >= 11 is 0. The Balaban J connectivity index is 2.54. The minimum atomic E-state index is -0.800. The number of hydrogen-bond donors (Lipinski definition) is 1. The molecule has 5 nitrogen and oxygen atoms in total. The molecule has 0 unspecified atom stereocenters. The van der Waals surface area contributed by atoms with Crippen molar-refractivity contribution in [1.29, 1.82) is 0 Å². The predicted octanol–water partition coefficient (Wildman–Crippen LogP) is 2.17. The van der Waals surface area contributed by atoms with Crippen molar-refractivity contribution < 1.29 is 14.4 Å². The van der Waals surface area contributed by atoms with E-state index in [0.29, 0.717) is 12.1 Å². The molecule has 0 fully saturated rings. The van der Waals surface area contributed by atoms with Crippen molar-refractivity contribution in [3.8, 4) is 0 Å². The number of carboxylic acid groups (broad SMARTS) is 1. The molecule has 90 valence electrons. The molecule has 0 aliphatic heterocycles. The molecule has 2 rings (SSSR count). The maximum absolute atomic E-state index is 10.6. The number of aliphatic carboxylic acids is 1. The second-order valence-corrected chi connectivity index (χ2v) is 4.14. The Morgan fingerprint density at radius 3 is 2.65 bits per heavy atom. The lowest BCUT2D eigenvalue weighted by Gasteiger charge is -2.08. The molecule has 5 heteroatoms. The Morgan fingerprint density at radius 1 is 1.29 bits per heavy atom. The third-order valence-corrected chi connectivity index (χ3v) is 2.97. The van der Waals surface area contributed by atoms with E-state index in [1.165, 1.54) is 0 Å². The lowest BCUT2D eigenvalue weighted by molar-refractivity contribution is -0.136. The summed E-state index contributed by atoms with van der Waals surface area (Å²) in [5.74, 6) is -0.800. The molecule has 0 spiro atoms. The number of nitrogens with zero attached hydrogens (tertiary/aromatic N) is 2. The second-order valence-electron chi connectivity index (χ2n) is 4.14. The first-order valence-corrected chi connectivity index (χ1v) is 5.44. The van der Waals surface area contributed by atoms with Crippen molar-refractivity contribution in [3.05, 3.63) is 22.5 Å². The van der Waals surface area contributed by atoms with Crippen LogP contribution in [0.5, 0.6) is 0 Å². The van der Waals surface area contributed by atoms with Gasteiger partial charge in [0.15, 0.2) is 0 Å². The van der Waals surface area contributed by atoms with Crippen molar-refractivity contribution in [2.75, 3.05) is 0 Å². The summed E-state index contributed by atoms with van der Waals surface area (Å²) in [6, 6.07) is 0. The lowest BCUT2D eigenvalue weighted by Crippen LogP contribution is -2.03. The summed E-state index contributed by atoms with van der Waals surface area (Å²) in [6.07, 6.45) is 0.597. The van der Waals surface area contributed by atoms with Gasteiger partial charge in [-0.3, -0.25) is 4.79 Å². The van der Waals surface area contributed by atoms with Gasteiger partial charge in [0, 0.05) is 12.1 Å². The molecule has 0 aromatic carbocycles. The third kappa shape index (κ3) is 2.00. The number of fused-ring (bicyclic) bond motifs is 1. The van der Waals surface area contributed by atoms with E-state index >= 15 is 0 Å². The largest absolute Gasteiger partial charge is 0.481 e. The molecule has 0 aliphatic carbocycles. The highest BCUT2D eigenvalue weighted by Gasteiger charge is 2.15. The summed E-state index contributed by atoms with van der Waals surface area (Å²) in [5, 5.41) is 13.5. The fourth-order valence-corrected chi connectivity index (χ4v) is 2.11. The van der Waals surface area contributed by atoms with Crippen molar-refractivity contribution in [2.45, 2.75) is 33.6 Å². The molecule has 2 aromatic heterocycles. The number of aromatic nitrogens is 2.